The number of nitro groups is 1. The fraction of sp³-hybridized carbons (Fsp3) is 0.0833. The molecule has 3 N–H and O–H groups in total. The van der Waals surface area contributed by atoms with Crippen LogP contribution in [0.4, 0.5) is 20.2 Å². The number of primary amides is 1. The first-order valence-corrected chi connectivity index (χ1v) is 11.7. The van der Waals surface area contributed by atoms with Crippen LogP contribution >= 0.6 is 11.3 Å². The maximum Gasteiger partial charge on any atom is 0.307 e. The normalized spacial score (nSPS) is 11.2. The Bertz CT molecular complexity index is 1700. The summed E-state index contributed by atoms with van der Waals surface area (Å²) in [4.78, 5) is 39.7. The number of nitrogens with two attached hydrogens (primary N) is 1. The number of furan rings is 1. The van der Waals surface area contributed by atoms with Gasteiger partial charge in [0.05, 0.1) is 17.2 Å². The number of nitrogens with zero attached hydrogens (tertiary/aromatic N) is 4. The third-order valence-corrected chi connectivity index (χ3v) is 6.58. The molecule has 4 aromatic heterocycles. The van der Waals surface area contributed by atoms with Gasteiger partial charge in [0.25, 0.3) is 18.2 Å². The van der Waals surface area contributed by atoms with Crippen LogP contribution in [-0.2, 0) is 6.54 Å². The minimum atomic E-state index is -2.86. The van der Waals surface area contributed by atoms with Gasteiger partial charge < -0.3 is 15.5 Å². The van der Waals surface area contributed by atoms with E-state index >= 15 is 0 Å². The molecule has 5 aromatic rings. The minimum Gasteiger partial charge on any atom is -0.454 e. The van der Waals surface area contributed by atoms with E-state index in [9.17, 15) is 28.5 Å². The first-order chi connectivity index (χ1) is 18.2. The van der Waals surface area contributed by atoms with Gasteiger partial charge in [-0.2, -0.15) is 5.10 Å². The van der Waals surface area contributed by atoms with Crippen LogP contribution in [0.5, 0.6) is 0 Å². The van der Waals surface area contributed by atoms with Gasteiger partial charge in [0, 0.05) is 5.39 Å². The molecule has 2 amide bonds. The summed E-state index contributed by atoms with van der Waals surface area (Å²) in [5.74, 6) is -1.45. The Balaban J connectivity index is 1.52. The third kappa shape index (κ3) is 4.71. The Kier molecular flexibility index (Phi) is 6.38. The highest BCUT2D eigenvalue weighted by atomic mass is 32.1. The molecule has 0 aliphatic rings. The smallest absolute Gasteiger partial charge is 0.307 e. The number of hydrogen-bond acceptors (Lipinski definition) is 8. The fourth-order valence-corrected chi connectivity index (χ4v) is 4.83. The molecule has 0 radical (unpaired) electrons. The van der Waals surface area contributed by atoms with Crippen LogP contribution in [0.1, 0.15) is 38.1 Å². The Morgan fingerprint density at radius 2 is 1.97 bits per heavy atom. The van der Waals surface area contributed by atoms with Crippen molar-refractivity contribution in [3.05, 3.63) is 93.1 Å². The molecule has 0 aliphatic carbocycles. The van der Waals surface area contributed by atoms with Crippen molar-refractivity contribution in [1.82, 2.24) is 14.8 Å². The van der Waals surface area contributed by atoms with Gasteiger partial charge in [0.15, 0.2) is 5.76 Å². The van der Waals surface area contributed by atoms with E-state index in [1.165, 1.54) is 29.1 Å². The number of hydrogen-bond donors (Lipinski definition) is 2. The zero-order valence-corrected chi connectivity index (χ0v) is 19.9. The molecule has 0 aliphatic heterocycles. The van der Waals surface area contributed by atoms with Crippen molar-refractivity contribution in [3.63, 3.8) is 0 Å². The standard InChI is InChI=1S/C24H16F2N6O5S/c25-21(26)16-8-15(12-4-2-1-3-5-12)18-19(20(22(27)33)38-24(18)29-16)30-23(34)17-7-6-14(37-17)11-31-10-13(9-28-31)32(35)36/h1-10,21H,11H2,(H2,27,33)(H,30,34). The number of rotatable bonds is 8. The SMILES string of the molecule is NC(=O)c1sc2nc(C(F)F)cc(-c3ccccc3)c2c1NC(=O)c1ccc(Cn2cc([N+](=O)[O-])cn2)o1. The van der Waals surface area contributed by atoms with Gasteiger partial charge in [-0.1, -0.05) is 30.3 Å². The molecule has 192 valence electrons. The maximum absolute atomic E-state index is 13.6. The van der Waals surface area contributed by atoms with Crippen LogP contribution in [-0.4, -0.2) is 31.5 Å². The van der Waals surface area contributed by atoms with Gasteiger partial charge in [0.2, 0.25) is 0 Å². The highest BCUT2D eigenvalue weighted by Crippen LogP contribution is 2.42. The molecule has 4 heterocycles. The van der Waals surface area contributed by atoms with Gasteiger partial charge in [-0.25, -0.2) is 13.8 Å². The highest BCUT2D eigenvalue weighted by molar-refractivity contribution is 7.21. The van der Waals surface area contributed by atoms with E-state index in [1.54, 1.807) is 30.3 Å². The average Bonchev–Trinajstić information content (AvgIpc) is 3.63. The molecular formula is C24H16F2N6O5S. The van der Waals surface area contributed by atoms with Crippen molar-refractivity contribution in [2.24, 2.45) is 5.73 Å². The van der Waals surface area contributed by atoms with Crippen molar-refractivity contribution < 1.29 is 27.7 Å². The number of pyridine rings is 1. The minimum absolute atomic E-state index is 0.0213. The van der Waals surface area contributed by atoms with E-state index in [1.807, 2.05) is 0 Å². The van der Waals surface area contributed by atoms with Crippen molar-refractivity contribution in [1.29, 1.82) is 0 Å². The van der Waals surface area contributed by atoms with Gasteiger partial charge in [-0.3, -0.25) is 24.4 Å². The molecule has 14 heteroatoms. The number of aromatic nitrogens is 3. The maximum atomic E-state index is 13.6. The highest BCUT2D eigenvalue weighted by Gasteiger charge is 2.26. The number of thiophene rings is 1. The lowest BCUT2D eigenvalue weighted by atomic mass is 10.0. The second-order valence-corrected chi connectivity index (χ2v) is 8.98. The molecule has 0 spiro atoms. The lowest BCUT2D eigenvalue weighted by molar-refractivity contribution is -0.385. The van der Waals surface area contributed by atoms with Crippen molar-refractivity contribution in [3.8, 4) is 11.1 Å². The fourth-order valence-electron chi connectivity index (χ4n) is 3.82. The number of nitrogens with one attached hydrogen (secondary N) is 1. The van der Waals surface area contributed by atoms with Crippen molar-refractivity contribution in [2.75, 3.05) is 5.32 Å². The summed E-state index contributed by atoms with van der Waals surface area (Å²) in [7, 11) is 0. The Hall–Kier alpha value is -4.98. The quantitative estimate of drug-likeness (QED) is 0.208. The summed E-state index contributed by atoms with van der Waals surface area (Å²) in [6.07, 6.45) is -0.566. The summed E-state index contributed by atoms with van der Waals surface area (Å²) in [6, 6.07) is 12.7. The van der Waals surface area contributed by atoms with Gasteiger partial charge in [-0.05, 0) is 29.3 Å². The monoisotopic (exact) mass is 538 g/mol. The Morgan fingerprint density at radius 3 is 2.63 bits per heavy atom. The Labute approximate surface area is 215 Å². The van der Waals surface area contributed by atoms with E-state index in [0.29, 0.717) is 11.1 Å². The van der Waals surface area contributed by atoms with Gasteiger partial charge in [-0.15, -0.1) is 11.3 Å². The molecule has 0 saturated heterocycles. The van der Waals surface area contributed by atoms with Gasteiger partial charge >= 0.3 is 5.69 Å². The third-order valence-electron chi connectivity index (χ3n) is 5.49. The lowest BCUT2D eigenvalue weighted by Crippen LogP contribution is -2.16. The molecule has 0 atom stereocenters. The number of anilines is 1. The number of carbonyl (C=O) groups excluding carboxylic acids is 2. The number of amides is 2. The van der Waals surface area contributed by atoms with E-state index in [2.05, 4.69) is 15.4 Å². The predicted molar refractivity (Wildman–Crippen MR) is 133 cm³/mol. The zero-order chi connectivity index (χ0) is 27.0. The average molecular weight is 538 g/mol. The zero-order valence-electron chi connectivity index (χ0n) is 19.1. The van der Waals surface area contributed by atoms with Gasteiger partial charge in [0.1, 0.15) is 33.6 Å². The predicted octanol–water partition coefficient (Wildman–Crippen LogP) is 5.00. The van der Waals surface area contributed by atoms with E-state index in [0.717, 1.165) is 17.5 Å². The second kappa shape index (κ2) is 9.82. The Morgan fingerprint density at radius 1 is 1.21 bits per heavy atom. The second-order valence-electron chi connectivity index (χ2n) is 7.99. The molecule has 1 aromatic carbocycles. The number of benzene rings is 1. The number of carbonyl (C=O) groups is 2. The van der Waals surface area contributed by atoms with Crippen LogP contribution in [0.15, 0.2) is 65.3 Å². The lowest BCUT2D eigenvalue weighted by Gasteiger charge is -2.10. The van der Waals surface area contributed by atoms with Crippen LogP contribution in [0.25, 0.3) is 21.3 Å². The number of fused-ring (bicyclic) bond motifs is 1. The largest absolute Gasteiger partial charge is 0.454 e. The molecular weight excluding hydrogens is 522 g/mol. The number of alkyl halides is 2. The summed E-state index contributed by atoms with van der Waals surface area (Å²) in [5, 5.41) is 17.6. The summed E-state index contributed by atoms with van der Waals surface area (Å²) in [5.41, 5.74) is 5.80. The number of halogens is 2. The first kappa shape index (κ1) is 24.7. The molecule has 0 unspecified atom stereocenters. The molecule has 0 bridgehead atoms. The van der Waals surface area contributed by atoms with Crippen LogP contribution < -0.4 is 11.1 Å². The first-order valence-electron chi connectivity index (χ1n) is 10.9. The summed E-state index contributed by atoms with van der Waals surface area (Å²) in [6.45, 7) is 0.0213. The summed E-state index contributed by atoms with van der Waals surface area (Å²) < 4.78 is 34.1. The van der Waals surface area contributed by atoms with E-state index in [4.69, 9.17) is 10.2 Å². The molecule has 38 heavy (non-hydrogen) atoms. The van der Waals surface area contributed by atoms with Crippen molar-refractivity contribution >= 4 is 44.7 Å². The molecule has 11 nitrogen and oxygen atoms in total. The molecule has 0 fully saturated rings. The summed E-state index contributed by atoms with van der Waals surface area (Å²) >= 11 is 0.790. The van der Waals surface area contributed by atoms with Crippen molar-refractivity contribution in [2.45, 2.75) is 13.0 Å². The molecule has 5 rings (SSSR count). The van der Waals surface area contributed by atoms with Crippen LogP contribution in [0, 0.1) is 10.1 Å². The molecule has 0 saturated carbocycles. The van der Waals surface area contributed by atoms with E-state index < -0.39 is 28.9 Å². The van der Waals surface area contributed by atoms with Crippen LogP contribution in [0.2, 0.25) is 0 Å². The topological polar surface area (TPSA) is 159 Å². The van der Waals surface area contributed by atoms with Crippen LogP contribution in [0.3, 0.4) is 0 Å². The van der Waals surface area contributed by atoms with E-state index in [-0.39, 0.29) is 44.5 Å².